The molecule has 1 aromatic carbocycles. The van der Waals surface area contributed by atoms with Crippen molar-refractivity contribution >= 4 is 29.9 Å². The molecule has 0 aliphatic carbocycles. The fourth-order valence-electron chi connectivity index (χ4n) is 3.06. The summed E-state index contributed by atoms with van der Waals surface area (Å²) in [6, 6.07) is 8.40. The molecular weight excluding hydrogens is 491 g/mol. The second-order valence-corrected chi connectivity index (χ2v) is 7.23. The zero-order valence-electron chi connectivity index (χ0n) is 19.6. The highest BCUT2D eigenvalue weighted by Crippen LogP contribution is 2.11. The van der Waals surface area contributed by atoms with Gasteiger partial charge >= 0.3 is 0 Å². The second kappa shape index (κ2) is 18.7. The fourth-order valence-corrected chi connectivity index (χ4v) is 3.06. The van der Waals surface area contributed by atoms with E-state index in [0.717, 1.165) is 62.8 Å². The molecule has 1 unspecified atom stereocenters. The number of rotatable bonds is 15. The van der Waals surface area contributed by atoms with Gasteiger partial charge in [0.1, 0.15) is 5.75 Å². The van der Waals surface area contributed by atoms with Crippen LogP contribution in [0.25, 0.3) is 0 Å². The highest BCUT2D eigenvalue weighted by atomic mass is 127. The zero-order valence-corrected chi connectivity index (χ0v) is 21.9. The lowest BCUT2D eigenvalue weighted by atomic mass is 10.2. The maximum Gasteiger partial charge on any atom is 0.191 e. The van der Waals surface area contributed by atoms with Gasteiger partial charge in [-0.1, -0.05) is 26.0 Å². The van der Waals surface area contributed by atoms with Gasteiger partial charge in [0.2, 0.25) is 0 Å². The summed E-state index contributed by atoms with van der Waals surface area (Å²) in [6.45, 7) is 15.1. The molecule has 2 N–H and O–H groups in total. The molecule has 1 rings (SSSR count). The Kier molecular flexibility index (Phi) is 18.0. The number of aliphatic imine (C=N–C) groups is 1. The smallest absolute Gasteiger partial charge is 0.191 e. The third kappa shape index (κ3) is 13.3. The largest absolute Gasteiger partial charge is 0.497 e. The van der Waals surface area contributed by atoms with Crippen LogP contribution in [0.3, 0.4) is 0 Å². The molecule has 174 valence electrons. The number of guanidine groups is 1. The van der Waals surface area contributed by atoms with E-state index in [4.69, 9.17) is 9.47 Å². The Labute approximate surface area is 201 Å². The highest BCUT2D eigenvalue weighted by molar-refractivity contribution is 14.0. The number of benzene rings is 1. The normalized spacial score (nSPS) is 12.4. The van der Waals surface area contributed by atoms with Gasteiger partial charge in [0.15, 0.2) is 5.96 Å². The van der Waals surface area contributed by atoms with E-state index in [9.17, 15) is 0 Å². The predicted octanol–water partition coefficient (Wildman–Crippen LogP) is 4.29. The van der Waals surface area contributed by atoms with Crippen LogP contribution in [0.2, 0.25) is 0 Å². The van der Waals surface area contributed by atoms with Crippen molar-refractivity contribution in [2.24, 2.45) is 4.99 Å². The number of methoxy groups -OCH3 is 1. The molecule has 1 atom stereocenters. The minimum atomic E-state index is 0. The summed E-state index contributed by atoms with van der Waals surface area (Å²) < 4.78 is 10.9. The lowest BCUT2D eigenvalue weighted by Crippen LogP contribution is -2.42. The first-order valence-corrected chi connectivity index (χ1v) is 11.1. The molecule has 0 aliphatic heterocycles. The van der Waals surface area contributed by atoms with Gasteiger partial charge in [-0.2, -0.15) is 0 Å². The van der Waals surface area contributed by atoms with E-state index in [-0.39, 0.29) is 24.0 Å². The van der Waals surface area contributed by atoms with Crippen LogP contribution in [-0.2, 0) is 11.3 Å². The van der Waals surface area contributed by atoms with Gasteiger partial charge in [-0.15, -0.1) is 24.0 Å². The lowest BCUT2D eigenvalue weighted by Gasteiger charge is -2.21. The Hall–Kier alpha value is -1.06. The van der Waals surface area contributed by atoms with Gasteiger partial charge in [-0.25, -0.2) is 0 Å². The van der Waals surface area contributed by atoms with Crippen LogP contribution in [0.15, 0.2) is 29.3 Å². The molecule has 0 aliphatic rings. The first kappa shape index (κ1) is 28.9. The topological polar surface area (TPSA) is 58.1 Å². The van der Waals surface area contributed by atoms with Gasteiger partial charge in [0, 0.05) is 25.7 Å². The van der Waals surface area contributed by atoms with Crippen molar-refractivity contribution in [2.75, 3.05) is 46.4 Å². The number of nitrogens with zero attached hydrogens (tertiary/aromatic N) is 2. The van der Waals surface area contributed by atoms with Crippen molar-refractivity contribution in [2.45, 2.75) is 59.6 Å². The van der Waals surface area contributed by atoms with Crippen LogP contribution in [0, 0.1) is 0 Å². The summed E-state index contributed by atoms with van der Waals surface area (Å²) in [7, 11) is 1.68. The maximum atomic E-state index is 5.76. The summed E-state index contributed by atoms with van der Waals surface area (Å²) in [5.41, 5.74) is 1.16. The van der Waals surface area contributed by atoms with Crippen molar-refractivity contribution in [3.63, 3.8) is 0 Å². The van der Waals surface area contributed by atoms with Crippen LogP contribution in [0.1, 0.15) is 52.5 Å². The van der Waals surface area contributed by atoms with Crippen LogP contribution in [0.4, 0.5) is 0 Å². The molecule has 0 radical (unpaired) electrons. The molecule has 0 saturated carbocycles. The number of halogens is 1. The van der Waals surface area contributed by atoms with Crippen molar-refractivity contribution in [1.82, 2.24) is 15.5 Å². The number of hydrogen-bond acceptors (Lipinski definition) is 4. The number of hydrogen-bond donors (Lipinski definition) is 2. The van der Waals surface area contributed by atoms with E-state index in [1.165, 1.54) is 6.42 Å². The number of nitrogens with one attached hydrogen (secondary N) is 2. The molecule has 0 heterocycles. The molecule has 0 amide bonds. The van der Waals surface area contributed by atoms with Crippen LogP contribution >= 0.6 is 24.0 Å². The molecule has 30 heavy (non-hydrogen) atoms. The van der Waals surface area contributed by atoms with Crippen molar-refractivity contribution in [3.05, 3.63) is 29.8 Å². The first-order chi connectivity index (χ1) is 14.1. The minimum Gasteiger partial charge on any atom is -0.497 e. The Balaban J connectivity index is 0.00000841. The quantitative estimate of drug-likeness (QED) is 0.152. The summed E-state index contributed by atoms with van der Waals surface area (Å²) in [5.74, 6) is 1.77. The summed E-state index contributed by atoms with van der Waals surface area (Å²) in [6.07, 6.45) is 3.25. The predicted molar refractivity (Wildman–Crippen MR) is 138 cm³/mol. The molecule has 7 heteroatoms. The van der Waals surface area contributed by atoms with Crippen LogP contribution in [-0.4, -0.2) is 63.3 Å². The van der Waals surface area contributed by atoms with Crippen LogP contribution < -0.4 is 15.4 Å². The second-order valence-electron chi connectivity index (χ2n) is 7.23. The standard InChI is InChI=1S/C23H42N4O2.HI/c1-6-24-23(26-20(4)11-9-17-27(7-2)8-3)25-16-10-18-29-19-21-12-14-22(28-5)15-13-21;/h12-15,20H,6-11,16-19H2,1-5H3,(H2,24,25,26);1H. The molecule has 0 fully saturated rings. The van der Waals surface area contributed by atoms with Crippen molar-refractivity contribution < 1.29 is 9.47 Å². The molecule has 0 spiro atoms. The highest BCUT2D eigenvalue weighted by Gasteiger charge is 2.06. The zero-order chi connectivity index (χ0) is 21.3. The Morgan fingerprint density at radius 3 is 2.40 bits per heavy atom. The Bertz CT molecular complexity index is 551. The molecule has 1 aromatic rings. The van der Waals surface area contributed by atoms with Gasteiger partial charge < -0.3 is 25.0 Å². The third-order valence-corrected chi connectivity index (χ3v) is 4.88. The van der Waals surface area contributed by atoms with E-state index in [1.54, 1.807) is 7.11 Å². The average molecular weight is 535 g/mol. The molecular formula is C23H43IN4O2. The van der Waals surface area contributed by atoms with Gasteiger partial charge in [-0.3, -0.25) is 4.99 Å². The maximum absolute atomic E-state index is 5.76. The molecule has 0 saturated heterocycles. The summed E-state index contributed by atoms with van der Waals surface area (Å²) >= 11 is 0. The van der Waals surface area contributed by atoms with E-state index >= 15 is 0 Å². The van der Waals surface area contributed by atoms with Gasteiger partial charge in [0.05, 0.1) is 13.7 Å². The van der Waals surface area contributed by atoms with Gasteiger partial charge in [-0.05, 0) is 70.4 Å². The summed E-state index contributed by atoms with van der Waals surface area (Å²) in [4.78, 5) is 7.15. The van der Waals surface area contributed by atoms with Crippen molar-refractivity contribution in [1.29, 1.82) is 0 Å². The lowest BCUT2D eigenvalue weighted by molar-refractivity contribution is 0.120. The SMILES string of the molecule is CCNC(=NCCCOCc1ccc(OC)cc1)NC(C)CCCN(CC)CC.I. The average Bonchev–Trinajstić information content (AvgIpc) is 2.74. The van der Waals surface area contributed by atoms with Gasteiger partial charge in [0.25, 0.3) is 0 Å². The minimum absolute atomic E-state index is 0. The molecule has 6 nitrogen and oxygen atoms in total. The third-order valence-electron chi connectivity index (χ3n) is 4.88. The van der Waals surface area contributed by atoms with E-state index < -0.39 is 0 Å². The molecule has 0 bridgehead atoms. The monoisotopic (exact) mass is 534 g/mol. The summed E-state index contributed by atoms with van der Waals surface area (Å²) in [5, 5.41) is 6.86. The van der Waals surface area contributed by atoms with E-state index in [1.807, 2.05) is 24.3 Å². The van der Waals surface area contributed by atoms with Crippen molar-refractivity contribution in [3.8, 4) is 5.75 Å². The Morgan fingerprint density at radius 1 is 1.10 bits per heavy atom. The fraction of sp³-hybridized carbons (Fsp3) is 0.696. The van der Waals surface area contributed by atoms with E-state index in [2.05, 4.69) is 48.2 Å². The molecule has 0 aromatic heterocycles. The van der Waals surface area contributed by atoms with Crippen LogP contribution in [0.5, 0.6) is 5.75 Å². The number of ether oxygens (including phenoxy) is 2. The van der Waals surface area contributed by atoms with E-state index in [0.29, 0.717) is 19.3 Å². The Morgan fingerprint density at radius 2 is 1.80 bits per heavy atom. The first-order valence-electron chi connectivity index (χ1n) is 11.1.